The molecule has 0 aliphatic carbocycles. The van der Waals surface area contributed by atoms with Gasteiger partial charge in [-0.3, -0.25) is 20.1 Å². The summed E-state index contributed by atoms with van der Waals surface area (Å²) in [6.07, 6.45) is 1.34. The first-order valence-electron chi connectivity index (χ1n) is 6.01. The number of fused-ring (bicyclic) bond motifs is 1. The normalized spacial score (nSPS) is 16.1. The van der Waals surface area contributed by atoms with Crippen molar-refractivity contribution in [2.45, 2.75) is 19.3 Å². The summed E-state index contributed by atoms with van der Waals surface area (Å²) in [6.45, 7) is 0. The van der Waals surface area contributed by atoms with Gasteiger partial charge in [-0.05, 0) is 24.6 Å². The summed E-state index contributed by atoms with van der Waals surface area (Å²) in [5, 5.41) is 8.68. The van der Waals surface area contributed by atoms with E-state index < -0.39 is 0 Å². The summed E-state index contributed by atoms with van der Waals surface area (Å²) < 4.78 is 0. The van der Waals surface area contributed by atoms with Gasteiger partial charge in [0.15, 0.2) is 5.82 Å². The van der Waals surface area contributed by atoms with Crippen LogP contribution >= 0.6 is 0 Å². The van der Waals surface area contributed by atoms with Crippen LogP contribution in [0.1, 0.15) is 19.3 Å². The zero-order chi connectivity index (χ0) is 13.4. The van der Waals surface area contributed by atoms with Gasteiger partial charge < -0.3 is 5.73 Å². The van der Waals surface area contributed by atoms with Gasteiger partial charge in [0.2, 0.25) is 11.8 Å². The highest BCUT2D eigenvalue weighted by molar-refractivity contribution is 6.00. The SMILES string of the molecule is Nc1ccc2c(NN3C(=O)CCCC3=O)n[nH]c2c1. The second-order valence-corrected chi connectivity index (χ2v) is 4.47. The summed E-state index contributed by atoms with van der Waals surface area (Å²) in [5.74, 6) is -0.0238. The molecule has 2 amide bonds. The van der Waals surface area contributed by atoms with E-state index in [1.54, 1.807) is 18.2 Å². The molecule has 7 heteroatoms. The van der Waals surface area contributed by atoms with Crippen LogP contribution in [0.25, 0.3) is 10.9 Å². The number of aromatic nitrogens is 2. The highest BCUT2D eigenvalue weighted by Crippen LogP contribution is 2.24. The number of benzene rings is 1. The average Bonchev–Trinajstić information content (AvgIpc) is 2.76. The number of H-pyrrole nitrogens is 1. The molecule has 3 rings (SSSR count). The number of hydrazine groups is 1. The maximum absolute atomic E-state index is 11.7. The fourth-order valence-electron chi connectivity index (χ4n) is 2.11. The topological polar surface area (TPSA) is 104 Å². The first-order chi connectivity index (χ1) is 9.15. The van der Waals surface area contributed by atoms with Crippen LogP contribution < -0.4 is 11.2 Å². The molecule has 1 aromatic carbocycles. The number of amides is 2. The smallest absolute Gasteiger partial charge is 0.248 e. The minimum absolute atomic E-state index is 0.233. The van der Waals surface area contributed by atoms with Crippen LogP contribution in [0.4, 0.5) is 11.5 Å². The minimum atomic E-state index is -0.233. The molecule has 98 valence electrons. The molecule has 4 N–H and O–H groups in total. The number of nitrogens with two attached hydrogens (primary N) is 1. The van der Waals surface area contributed by atoms with E-state index in [-0.39, 0.29) is 11.8 Å². The zero-order valence-electron chi connectivity index (χ0n) is 10.1. The molecule has 19 heavy (non-hydrogen) atoms. The Balaban J connectivity index is 1.92. The highest BCUT2D eigenvalue weighted by Gasteiger charge is 2.27. The van der Waals surface area contributed by atoms with E-state index in [2.05, 4.69) is 15.6 Å². The van der Waals surface area contributed by atoms with Crippen LogP contribution in [0.2, 0.25) is 0 Å². The molecule has 2 heterocycles. The number of imide groups is 1. The molecule has 1 saturated heterocycles. The number of nitrogens with zero attached hydrogens (tertiary/aromatic N) is 2. The number of aromatic amines is 1. The quantitative estimate of drug-likeness (QED) is 0.551. The van der Waals surface area contributed by atoms with Crippen LogP contribution in [-0.4, -0.2) is 27.0 Å². The van der Waals surface area contributed by atoms with Crippen LogP contribution in [-0.2, 0) is 9.59 Å². The number of hydrogen-bond acceptors (Lipinski definition) is 5. The molecule has 0 saturated carbocycles. The van der Waals surface area contributed by atoms with Gasteiger partial charge in [0.05, 0.1) is 5.52 Å². The summed E-state index contributed by atoms with van der Waals surface area (Å²) in [6, 6.07) is 5.27. The molecule has 7 nitrogen and oxygen atoms in total. The molecule has 0 unspecified atom stereocenters. The fraction of sp³-hybridized carbons (Fsp3) is 0.250. The Kier molecular flexibility index (Phi) is 2.59. The zero-order valence-corrected chi connectivity index (χ0v) is 10.1. The lowest BCUT2D eigenvalue weighted by atomic mass is 10.1. The van der Waals surface area contributed by atoms with Crippen molar-refractivity contribution in [3.05, 3.63) is 18.2 Å². The van der Waals surface area contributed by atoms with Crippen molar-refractivity contribution in [3.63, 3.8) is 0 Å². The van der Waals surface area contributed by atoms with E-state index in [0.717, 1.165) is 15.9 Å². The second kappa shape index (κ2) is 4.27. The third kappa shape index (κ3) is 1.99. The predicted octanol–water partition coefficient (Wildman–Crippen LogP) is 1.01. The maximum atomic E-state index is 11.7. The van der Waals surface area contributed by atoms with Crippen molar-refractivity contribution in [2.24, 2.45) is 0 Å². The third-order valence-electron chi connectivity index (χ3n) is 3.08. The van der Waals surface area contributed by atoms with Crippen molar-refractivity contribution >= 4 is 34.2 Å². The Morgan fingerprint density at radius 3 is 2.74 bits per heavy atom. The summed E-state index contributed by atoms with van der Waals surface area (Å²) in [7, 11) is 0. The van der Waals surface area contributed by atoms with Gasteiger partial charge in [0, 0.05) is 23.9 Å². The molecule has 1 fully saturated rings. The van der Waals surface area contributed by atoms with E-state index >= 15 is 0 Å². The van der Waals surface area contributed by atoms with Gasteiger partial charge in [-0.2, -0.15) is 10.1 Å². The second-order valence-electron chi connectivity index (χ2n) is 4.47. The summed E-state index contributed by atoms with van der Waals surface area (Å²) >= 11 is 0. The van der Waals surface area contributed by atoms with Crippen LogP contribution in [0, 0.1) is 0 Å². The number of nitrogens with one attached hydrogen (secondary N) is 2. The standard InChI is InChI=1S/C12H13N5O2/c13-7-4-5-8-9(6-7)14-15-12(8)16-17-10(18)2-1-3-11(17)19/h4-6H,1-3,13H2,(H2,14,15,16). The molecular weight excluding hydrogens is 246 g/mol. The minimum Gasteiger partial charge on any atom is -0.399 e. The number of anilines is 2. The first-order valence-corrected chi connectivity index (χ1v) is 6.01. The monoisotopic (exact) mass is 259 g/mol. The molecule has 1 aliphatic rings. The Bertz CT molecular complexity index is 647. The van der Waals surface area contributed by atoms with Crippen molar-refractivity contribution in [1.29, 1.82) is 0 Å². The van der Waals surface area contributed by atoms with Gasteiger partial charge in [0.1, 0.15) is 0 Å². The summed E-state index contributed by atoms with van der Waals surface area (Å²) in [4.78, 5) is 23.4. The van der Waals surface area contributed by atoms with Crippen LogP contribution in [0.5, 0.6) is 0 Å². The van der Waals surface area contributed by atoms with Crippen molar-refractivity contribution < 1.29 is 9.59 Å². The Hall–Kier alpha value is -2.57. The van der Waals surface area contributed by atoms with E-state index in [9.17, 15) is 9.59 Å². The largest absolute Gasteiger partial charge is 0.399 e. The molecule has 0 bridgehead atoms. The Morgan fingerprint density at radius 1 is 1.26 bits per heavy atom. The Labute approximate surface area is 108 Å². The first kappa shape index (κ1) is 11.5. The molecule has 0 atom stereocenters. The highest BCUT2D eigenvalue weighted by atomic mass is 16.2. The number of piperidine rings is 1. The number of hydrogen-bond donors (Lipinski definition) is 3. The van der Waals surface area contributed by atoms with Gasteiger partial charge in [-0.1, -0.05) is 0 Å². The van der Waals surface area contributed by atoms with Crippen molar-refractivity contribution in [1.82, 2.24) is 15.2 Å². The lowest BCUT2D eigenvalue weighted by Gasteiger charge is -2.24. The van der Waals surface area contributed by atoms with E-state index in [1.807, 2.05) is 0 Å². The van der Waals surface area contributed by atoms with Gasteiger partial charge in [-0.25, -0.2) is 0 Å². The number of nitrogen functional groups attached to an aromatic ring is 1. The van der Waals surface area contributed by atoms with E-state index in [4.69, 9.17) is 5.73 Å². The maximum Gasteiger partial charge on any atom is 0.248 e. The molecule has 1 aromatic heterocycles. The van der Waals surface area contributed by atoms with Gasteiger partial charge in [-0.15, -0.1) is 0 Å². The van der Waals surface area contributed by atoms with Crippen molar-refractivity contribution in [3.8, 4) is 0 Å². The fourth-order valence-corrected chi connectivity index (χ4v) is 2.11. The average molecular weight is 259 g/mol. The Morgan fingerprint density at radius 2 is 2.00 bits per heavy atom. The molecule has 0 radical (unpaired) electrons. The van der Waals surface area contributed by atoms with E-state index in [0.29, 0.717) is 30.8 Å². The third-order valence-corrected chi connectivity index (χ3v) is 3.08. The molecule has 0 spiro atoms. The molecule has 1 aliphatic heterocycles. The lowest BCUT2D eigenvalue weighted by Crippen LogP contribution is -2.44. The predicted molar refractivity (Wildman–Crippen MR) is 69.8 cm³/mol. The van der Waals surface area contributed by atoms with Crippen LogP contribution in [0.3, 0.4) is 0 Å². The number of carbonyl (C=O) groups excluding carboxylic acids is 2. The summed E-state index contributed by atoms with van der Waals surface area (Å²) in [5.41, 5.74) is 9.82. The molecular formula is C12H13N5O2. The van der Waals surface area contributed by atoms with E-state index in [1.165, 1.54) is 0 Å². The van der Waals surface area contributed by atoms with Crippen molar-refractivity contribution in [2.75, 3.05) is 11.2 Å². The number of rotatable bonds is 2. The van der Waals surface area contributed by atoms with Gasteiger partial charge >= 0.3 is 0 Å². The molecule has 2 aromatic rings. The number of carbonyl (C=O) groups is 2. The van der Waals surface area contributed by atoms with Gasteiger partial charge in [0.25, 0.3) is 0 Å². The lowest BCUT2D eigenvalue weighted by molar-refractivity contribution is -0.146. The van der Waals surface area contributed by atoms with Crippen LogP contribution in [0.15, 0.2) is 18.2 Å².